The van der Waals surface area contributed by atoms with Crippen LogP contribution in [0.3, 0.4) is 0 Å². The van der Waals surface area contributed by atoms with E-state index >= 15 is 0 Å². The molecular weight excluding hydrogens is 310 g/mol. The number of rotatable bonds is 1. The van der Waals surface area contributed by atoms with Gasteiger partial charge in [0.1, 0.15) is 5.76 Å². The molecule has 4 rings (SSSR count). The van der Waals surface area contributed by atoms with Crippen LogP contribution in [0.2, 0.25) is 0 Å². The van der Waals surface area contributed by atoms with Gasteiger partial charge >= 0.3 is 6.03 Å². The maximum atomic E-state index is 12.5. The third kappa shape index (κ3) is 3.02. The number of ether oxygens (including phenoxy) is 1. The Balaban J connectivity index is 1.36. The van der Waals surface area contributed by atoms with Crippen molar-refractivity contribution in [1.29, 1.82) is 0 Å². The number of piperidine rings is 1. The summed E-state index contributed by atoms with van der Waals surface area (Å²) in [7, 11) is 0. The summed E-state index contributed by atoms with van der Waals surface area (Å²) in [6, 6.07) is -0.122. The summed E-state index contributed by atoms with van der Waals surface area (Å²) in [4.78, 5) is 14.3. The van der Waals surface area contributed by atoms with Gasteiger partial charge in [-0.1, -0.05) is 5.16 Å². The highest BCUT2D eigenvalue weighted by atomic mass is 16.5. The van der Waals surface area contributed by atoms with Gasteiger partial charge in [-0.3, -0.25) is 5.32 Å². The van der Waals surface area contributed by atoms with E-state index < -0.39 is 0 Å². The van der Waals surface area contributed by atoms with Crippen molar-refractivity contribution in [3.8, 4) is 0 Å². The largest absolute Gasteiger partial charge is 0.393 e. The van der Waals surface area contributed by atoms with Gasteiger partial charge in [-0.15, -0.1) is 0 Å². The molecule has 7 heteroatoms. The summed E-state index contributed by atoms with van der Waals surface area (Å²) in [5, 5.41) is 16.8. The van der Waals surface area contributed by atoms with Crippen LogP contribution in [0.1, 0.15) is 49.8 Å². The van der Waals surface area contributed by atoms with E-state index in [-0.39, 0.29) is 17.7 Å². The number of aryl methyl sites for hydroxylation is 1. The lowest BCUT2D eigenvalue weighted by atomic mass is 9.83. The highest BCUT2D eigenvalue weighted by Crippen LogP contribution is 2.35. The molecule has 0 radical (unpaired) electrons. The molecule has 2 saturated heterocycles. The molecule has 0 saturated carbocycles. The Morgan fingerprint density at radius 3 is 2.88 bits per heavy atom. The summed E-state index contributed by atoms with van der Waals surface area (Å²) >= 11 is 0. The van der Waals surface area contributed by atoms with Gasteiger partial charge in [0.15, 0.2) is 5.82 Å². The fourth-order valence-electron chi connectivity index (χ4n) is 4.13. The zero-order valence-corrected chi connectivity index (χ0v) is 13.9. The molecule has 1 unspecified atom stereocenters. The number of nitrogens with one attached hydrogen (secondary N) is 1. The molecule has 0 bridgehead atoms. The number of likely N-dealkylation sites (tertiary alicyclic amines) is 1. The van der Waals surface area contributed by atoms with Crippen molar-refractivity contribution in [3.63, 3.8) is 0 Å². The first-order chi connectivity index (χ1) is 11.7. The monoisotopic (exact) mass is 335 g/mol. The van der Waals surface area contributed by atoms with Crippen LogP contribution in [0.25, 0.3) is 0 Å². The number of hydrogen-bond donors (Lipinski definition) is 2. The first-order valence-corrected chi connectivity index (χ1v) is 9.01. The van der Waals surface area contributed by atoms with E-state index in [0.717, 1.165) is 49.8 Å². The number of urea groups is 1. The van der Waals surface area contributed by atoms with Gasteiger partial charge < -0.3 is 19.3 Å². The molecule has 1 atom stereocenters. The van der Waals surface area contributed by atoms with Crippen molar-refractivity contribution < 1.29 is 19.2 Å². The number of fused-ring (bicyclic) bond motifs is 1. The molecule has 1 aliphatic carbocycles. The van der Waals surface area contributed by atoms with Gasteiger partial charge in [0.25, 0.3) is 0 Å². The Labute approximate surface area is 141 Å². The molecule has 1 aromatic heterocycles. The Morgan fingerprint density at radius 1 is 1.29 bits per heavy atom. The number of aromatic nitrogens is 1. The normalized spacial score (nSPS) is 26.2. The van der Waals surface area contributed by atoms with Gasteiger partial charge in [-0.2, -0.15) is 0 Å². The predicted molar refractivity (Wildman–Crippen MR) is 86.9 cm³/mol. The lowest BCUT2D eigenvalue weighted by molar-refractivity contribution is -0.139. The standard InChI is InChI=1S/C17H25N3O4/c21-12-5-10-23-17(11-12)6-8-20(9-7-17)16(22)18-15-13-3-1-2-4-14(13)24-19-15/h12,21H,1-11H2,(H,18,19,22). The molecule has 2 aliphatic heterocycles. The quantitative estimate of drug-likeness (QED) is 0.820. The second kappa shape index (κ2) is 6.37. The van der Waals surface area contributed by atoms with Crippen LogP contribution < -0.4 is 5.32 Å². The minimum atomic E-state index is -0.277. The minimum absolute atomic E-state index is 0.122. The zero-order chi connectivity index (χ0) is 16.6. The lowest BCUT2D eigenvalue weighted by Crippen LogP contribution is -2.52. The fraction of sp³-hybridized carbons (Fsp3) is 0.765. The molecule has 2 amide bonds. The maximum Gasteiger partial charge on any atom is 0.323 e. The molecular formula is C17H25N3O4. The molecule has 7 nitrogen and oxygen atoms in total. The SMILES string of the molecule is O=C(Nc1noc2c1CCCC2)N1CCC2(CC1)CC(O)CCO2. The van der Waals surface area contributed by atoms with Crippen LogP contribution in [-0.4, -0.2) is 52.6 Å². The van der Waals surface area contributed by atoms with Gasteiger partial charge in [-0.05, 0) is 38.5 Å². The molecule has 2 N–H and O–H groups in total. The number of carbonyl (C=O) groups is 1. The lowest BCUT2D eigenvalue weighted by Gasteiger charge is -2.45. The van der Waals surface area contributed by atoms with Crippen LogP contribution in [0.4, 0.5) is 10.6 Å². The maximum absolute atomic E-state index is 12.5. The van der Waals surface area contributed by atoms with E-state index in [2.05, 4.69) is 10.5 Å². The Kier molecular flexibility index (Phi) is 4.22. The van der Waals surface area contributed by atoms with Crippen molar-refractivity contribution in [2.45, 2.75) is 63.1 Å². The number of amides is 2. The smallest absolute Gasteiger partial charge is 0.323 e. The molecule has 1 spiro atoms. The van der Waals surface area contributed by atoms with Crippen molar-refractivity contribution in [1.82, 2.24) is 10.1 Å². The Bertz CT molecular complexity index is 607. The minimum Gasteiger partial charge on any atom is -0.393 e. The van der Waals surface area contributed by atoms with Gasteiger partial charge in [0, 0.05) is 38.1 Å². The second-order valence-electron chi connectivity index (χ2n) is 7.24. The summed E-state index contributed by atoms with van der Waals surface area (Å²) in [5.74, 6) is 1.50. The second-order valence-corrected chi connectivity index (χ2v) is 7.24. The van der Waals surface area contributed by atoms with Gasteiger partial charge in [0.2, 0.25) is 0 Å². The molecule has 1 aromatic rings. The van der Waals surface area contributed by atoms with E-state index in [1.54, 1.807) is 4.90 Å². The van der Waals surface area contributed by atoms with E-state index in [4.69, 9.17) is 9.26 Å². The molecule has 132 valence electrons. The van der Waals surface area contributed by atoms with E-state index in [9.17, 15) is 9.90 Å². The number of aliphatic hydroxyl groups is 1. The van der Waals surface area contributed by atoms with Crippen molar-refractivity contribution in [3.05, 3.63) is 11.3 Å². The number of anilines is 1. The number of carbonyl (C=O) groups excluding carboxylic acids is 1. The van der Waals surface area contributed by atoms with Crippen LogP contribution in [0, 0.1) is 0 Å². The van der Waals surface area contributed by atoms with E-state index in [1.165, 1.54) is 0 Å². The van der Waals surface area contributed by atoms with Gasteiger partial charge in [0.05, 0.1) is 11.7 Å². The summed E-state index contributed by atoms with van der Waals surface area (Å²) in [6.07, 6.45) is 6.72. The Morgan fingerprint density at radius 2 is 2.08 bits per heavy atom. The summed E-state index contributed by atoms with van der Waals surface area (Å²) < 4.78 is 11.3. The summed E-state index contributed by atoms with van der Waals surface area (Å²) in [6.45, 7) is 1.88. The molecule has 3 aliphatic rings. The molecule has 24 heavy (non-hydrogen) atoms. The number of nitrogens with zero attached hydrogens (tertiary/aromatic N) is 2. The molecule has 3 heterocycles. The zero-order valence-electron chi connectivity index (χ0n) is 13.9. The Hall–Kier alpha value is -1.60. The first-order valence-electron chi connectivity index (χ1n) is 9.01. The van der Waals surface area contributed by atoms with Crippen molar-refractivity contribution in [2.24, 2.45) is 0 Å². The predicted octanol–water partition coefficient (Wildman–Crippen LogP) is 2.09. The van der Waals surface area contributed by atoms with Crippen molar-refractivity contribution >= 4 is 11.8 Å². The van der Waals surface area contributed by atoms with Crippen LogP contribution in [0.15, 0.2) is 4.52 Å². The van der Waals surface area contributed by atoms with Crippen molar-refractivity contribution in [2.75, 3.05) is 25.0 Å². The highest BCUT2D eigenvalue weighted by molar-refractivity contribution is 5.89. The topological polar surface area (TPSA) is 87.8 Å². The van der Waals surface area contributed by atoms with Crippen LogP contribution in [-0.2, 0) is 17.6 Å². The number of hydrogen-bond acceptors (Lipinski definition) is 5. The average molecular weight is 335 g/mol. The average Bonchev–Trinajstić information content (AvgIpc) is 2.98. The third-order valence-electron chi connectivity index (χ3n) is 5.60. The number of aliphatic hydroxyl groups excluding tert-OH is 1. The molecule has 0 aromatic carbocycles. The fourth-order valence-corrected chi connectivity index (χ4v) is 4.13. The van der Waals surface area contributed by atoms with E-state index in [1.807, 2.05) is 0 Å². The third-order valence-corrected chi connectivity index (χ3v) is 5.60. The van der Waals surface area contributed by atoms with Gasteiger partial charge in [-0.25, -0.2) is 4.79 Å². The molecule has 2 fully saturated rings. The first kappa shape index (κ1) is 15.9. The highest BCUT2D eigenvalue weighted by Gasteiger charge is 2.41. The van der Waals surface area contributed by atoms with Crippen LogP contribution >= 0.6 is 0 Å². The van der Waals surface area contributed by atoms with E-state index in [0.29, 0.717) is 38.4 Å². The van der Waals surface area contributed by atoms with Crippen LogP contribution in [0.5, 0.6) is 0 Å². The summed E-state index contributed by atoms with van der Waals surface area (Å²) in [5.41, 5.74) is 0.809.